The van der Waals surface area contributed by atoms with Crippen LogP contribution < -0.4 is 10.6 Å². The molecular weight excluding hydrogens is 284 g/mol. The molecule has 0 aliphatic rings. The monoisotopic (exact) mass is 318 g/mol. The molecule has 1 unspecified atom stereocenters. The van der Waals surface area contributed by atoms with Crippen LogP contribution in [-0.4, -0.2) is 42.3 Å². The van der Waals surface area contributed by atoms with Gasteiger partial charge in [-0.2, -0.15) is 11.8 Å². The summed E-state index contributed by atoms with van der Waals surface area (Å²) in [6, 6.07) is 0. The number of carbonyl (C=O) groups excluding carboxylic acids is 1. The number of rotatable bonds is 9. The molecule has 0 fully saturated rings. The maximum absolute atomic E-state index is 11.8. The van der Waals surface area contributed by atoms with Gasteiger partial charge >= 0.3 is 6.09 Å². The third-order valence-electron chi connectivity index (χ3n) is 2.96. The highest BCUT2D eigenvalue weighted by molar-refractivity contribution is 7.98. The van der Waals surface area contributed by atoms with Crippen LogP contribution in [0, 0.1) is 5.92 Å². The van der Waals surface area contributed by atoms with Gasteiger partial charge in [0.15, 0.2) is 0 Å². The highest BCUT2D eigenvalue weighted by Crippen LogP contribution is 2.16. The van der Waals surface area contributed by atoms with Crippen LogP contribution in [0.2, 0.25) is 0 Å². The van der Waals surface area contributed by atoms with E-state index in [9.17, 15) is 4.79 Å². The van der Waals surface area contributed by atoms with Gasteiger partial charge in [-0.25, -0.2) is 4.79 Å². The highest BCUT2D eigenvalue weighted by atomic mass is 32.2. The maximum Gasteiger partial charge on any atom is 0.407 e. The Morgan fingerprint density at radius 1 is 1.24 bits per heavy atom. The molecule has 0 radical (unpaired) electrons. The van der Waals surface area contributed by atoms with Gasteiger partial charge < -0.3 is 15.4 Å². The first kappa shape index (κ1) is 20.6. The van der Waals surface area contributed by atoms with Crippen LogP contribution in [0.4, 0.5) is 4.79 Å². The molecule has 1 amide bonds. The minimum atomic E-state index is -0.454. The summed E-state index contributed by atoms with van der Waals surface area (Å²) < 4.78 is 5.30. The lowest BCUT2D eigenvalue weighted by molar-refractivity contribution is 0.0508. The van der Waals surface area contributed by atoms with Gasteiger partial charge in [0, 0.05) is 12.1 Å². The molecule has 0 bridgehead atoms. The second-order valence-electron chi connectivity index (χ2n) is 7.29. The van der Waals surface area contributed by atoms with E-state index in [0.29, 0.717) is 12.5 Å². The van der Waals surface area contributed by atoms with Gasteiger partial charge in [0.1, 0.15) is 5.60 Å². The number of hydrogen-bond acceptors (Lipinski definition) is 4. The largest absolute Gasteiger partial charge is 0.444 e. The molecule has 0 heterocycles. The summed E-state index contributed by atoms with van der Waals surface area (Å²) in [4.78, 5) is 11.8. The van der Waals surface area contributed by atoms with E-state index in [4.69, 9.17) is 4.74 Å². The molecule has 1 atom stereocenters. The number of carbonyl (C=O) groups is 1. The lowest BCUT2D eigenvalue weighted by atomic mass is 9.90. The van der Waals surface area contributed by atoms with Crippen molar-refractivity contribution in [2.45, 2.75) is 65.5 Å². The Balaban J connectivity index is 4.36. The average molecular weight is 319 g/mol. The molecule has 0 saturated heterocycles. The first-order valence-electron chi connectivity index (χ1n) is 7.79. The summed E-state index contributed by atoms with van der Waals surface area (Å²) in [5.74, 6) is 1.73. The Morgan fingerprint density at radius 3 is 2.33 bits per heavy atom. The zero-order valence-corrected chi connectivity index (χ0v) is 15.7. The Kier molecular flexibility index (Phi) is 9.38. The van der Waals surface area contributed by atoms with Crippen molar-refractivity contribution in [1.29, 1.82) is 0 Å². The van der Waals surface area contributed by atoms with Gasteiger partial charge in [-0.3, -0.25) is 0 Å². The molecule has 21 heavy (non-hydrogen) atoms. The van der Waals surface area contributed by atoms with E-state index in [1.807, 2.05) is 32.5 Å². The first-order chi connectivity index (χ1) is 9.58. The number of nitrogens with one attached hydrogen (secondary N) is 2. The fourth-order valence-electron chi connectivity index (χ4n) is 2.30. The van der Waals surface area contributed by atoms with E-state index in [-0.39, 0.29) is 11.6 Å². The lowest BCUT2D eigenvalue weighted by Crippen LogP contribution is -2.53. The quantitative estimate of drug-likeness (QED) is 0.637. The van der Waals surface area contributed by atoms with Crippen molar-refractivity contribution < 1.29 is 9.53 Å². The molecule has 0 rings (SSSR count). The van der Waals surface area contributed by atoms with E-state index < -0.39 is 5.60 Å². The minimum Gasteiger partial charge on any atom is -0.444 e. The summed E-state index contributed by atoms with van der Waals surface area (Å²) >= 11 is 1.86. The molecule has 4 nitrogen and oxygen atoms in total. The average Bonchev–Trinajstić information content (AvgIpc) is 2.29. The Hall–Kier alpha value is -0.420. The van der Waals surface area contributed by atoms with Gasteiger partial charge in [-0.15, -0.1) is 0 Å². The molecule has 0 aromatic carbocycles. The van der Waals surface area contributed by atoms with Crippen LogP contribution >= 0.6 is 11.8 Å². The number of hydrogen-bond donors (Lipinski definition) is 2. The van der Waals surface area contributed by atoms with Crippen molar-refractivity contribution in [3.05, 3.63) is 0 Å². The van der Waals surface area contributed by atoms with E-state index in [1.54, 1.807) is 0 Å². The first-order valence-corrected chi connectivity index (χ1v) is 9.18. The number of amides is 1. The van der Waals surface area contributed by atoms with Crippen LogP contribution in [0.1, 0.15) is 54.4 Å². The molecule has 0 saturated carbocycles. The van der Waals surface area contributed by atoms with E-state index >= 15 is 0 Å². The topological polar surface area (TPSA) is 50.4 Å². The number of ether oxygens (including phenoxy) is 1. The molecule has 5 heteroatoms. The van der Waals surface area contributed by atoms with Crippen LogP contribution in [-0.2, 0) is 4.74 Å². The van der Waals surface area contributed by atoms with Crippen molar-refractivity contribution in [2.75, 3.05) is 25.1 Å². The molecule has 0 aromatic rings. The molecule has 0 aromatic heterocycles. The van der Waals surface area contributed by atoms with E-state index in [1.165, 1.54) is 0 Å². The van der Waals surface area contributed by atoms with Gasteiger partial charge in [0.2, 0.25) is 0 Å². The van der Waals surface area contributed by atoms with Crippen molar-refractivity contribution >= 4 is 17.9 Å². The van der Waals surface area contributed by atoms with Crippen LogP contribution in [0.3, 0.4) is 0 Å². The van der Waals surface area contributed by atoms with Gasteiger partial charge in [-0.05, 0) is 65.0 Å². The number of alkyl carbamates (subject to hydrolysis) is 1. The lowest BCUT2D eigenvalue weighted by Gasteiger charge is -2.33. The summed E-state index contributed by atoms with van der Waals surface area (Å²) in [6.07, 6.45) is 3.93. The zero-order valence-electron chi connectivity index (χ0n) is 14.8. The third kappa shape index (κ3) is 11.9. The van der Waals surface area contributed by atoms with Crippen molar-refractivity contribution in [3.8, 4) is 0 Å². The van der Waals surface area contributed by atoms with Crippen LogP contribution in [0.5, 0.6) is 0 Å². The minimum absolute atomic E-state index is 0.0938. The van der Waals surface area contributed by atoms with Crippen molar-refractivity contribution in [1.82, 2.24) is 10.6 Å². The molecule has 0 aliphatic carbocycles. The molecule has 0 spiro atoms. The third-order valence-corrected chi connectivity index (χ3v) is 3.65. The Morgan fingerprint density at radius 2 is 1.86 bits per heavy atom. The van der Waals surface area contributed by atoms with Crippen LogP contribution in [0.15, 0.2) is 0 Å². The van der Waals surface area contributed by atoms with Gasteiger partial charge in [0.25, 0.3) is 0 Å². The summed E-state index contributed by atoms with van der Waals surface area (Å²) in [6.45, 7) is 13.8. The fraction of sp³-hybridized carbons (Fsp3) is 0.938. The maximum atomic E-state index is 11.8. The predicted octanol–water partition coefficient (Wildman–Crippen LogP) is 3.66. The SMILES string of the molecule is CSCCCNC(C)(CNC(=O)OC(C)(C)C)CC(C)C. The summed E-state index contributed by atoms with van der Waals surface area (Å²) in [5.41, 5.74) is -0.548. The fourth-order valence-corrected chi connectivity index (χ4v) is 2.73. The van der Waals surface area contributed by atoms with Gasteiger partial charge in [-0.1, -0.05) is 13.8 Å². The summed E-state index contributed by atoms with van der Waals surface area (Å²) in [5, 5.41) is 6.49. The van der Waals surface area contributed by atoms with Crippen molar-refractivity contribution in [3.63, 3.8) is 0 Å². The molecular formula is C16H34N2O2S. The standard InChI is InChI=1S/C16H34N2O2S/c1-13(2)11-16(6,18-9-8-10-21-7)12-17-14(19)20-15(3,4)5/h13,18H,8-12H2,1-7H3,(H,17,19). The smallest absolute Gasteiger partial charge is 0.407 e. The van der Waals surface area contributed by atoms with E-state index in [0.717, 1.165) is 25.1 Å². The van der Waals surface area contributed by atoms with E-state index in [2.05, 4.69) is 37.7 Å². The molecule has 126 valence electrons. The molecule has 0 aliphatic heterocycles. The Bertz CT molecular complexity index is 303. The van der Waals surface area contributed by atoms with Gasteiger partial charge in [0.05, 0.1) is 0 Å². The second-order valence-corrected chi connectivity index (χ2v) is 8.27. The second kappa shape index (κ2) is 9.57. The number of thioether (sulfide) groups is 1. The van der Waals surface area contributed by atoms with Crippen molar-refractivity contribution in [2.24, 2.45) is 5.92 Å². The highest BCUT2D eigenvalue weighted by Gasteiger charge is 2.26. The normalized spacial score (nSPS) is 14.9. The molecule has 2 N–H and O–H groups in total. The Labute approximate surface area is 135 Å². The predicted molar refractivity (Wildman–Crippen MR) is 93.1 cm³/mol. The van der Waals surface area contributed by atoms with Crippen LogP contribution in [0.25, 0.3) is 0 Å². The zero-order chi connectivity index (χ0) is 16.5. The summed E-state index contributed by atoms with van der Waals surface area (Å²) in [7, 11) is 0.